The number of benzene rings is 1. The first-order chi connectivity index (χ1) is 8.27. The third kappa shape index (κ3) is 3.41. The molecule has 4 heteroatoms. The molecule has 1 unspecified atom stereocenters. The lowest BCUT2D eigenvalue weighted by molar-refractivity contribution is 0.0519. The van der Waals surface area contributed by atoms with Crippen LogP contribution in [0.15, 0.2) is 24.3 Å². The fourth-order valence-corrected chi connectivity index (χ4v) is 2.03. The number of rotatable bonds is 4. The zero-order valence-electron chi connectivity index (χ0n) is 9.77. The van der Waals surface area contributed by atoms with E-state index in [0.29, 0.717) is 12.5 Å². The molecule has 0 radical (unpaired) electrons. The molecule has 1 aliphatic heterocycles. The van der Waals surface area contributed by atoms with Gasteiger partial charge in [-0.05, 0) is 30.9 Å². The fourth-order valence-electron chi connectivity index (χ4n) is 2.03. The maximum absolute atomic E-state index is 13.3. The van der Waals surface area contributed by atoms with E-state index in [0.717, 1.165) is 26.1 Å². The largest absolute Gasteiger partial charge is 0.489 e. The van der Waals surface area contributed by atoms with Crippen molar-refractivity contribution in [2.75, 3.05) is 19.8 Å². The molecule has 1 aromatic rings. The van der Waals surface area contributed by atoms with Gasteiger partial charge in [-0.1, -0.05) is 12.1 Å². The predicted octanol–water partition coefficient (Wildman–Crippen LogP) is 1.96. The van der Waals surface area contributed by atoms with E-state index < -0.39 is 0 Å². The van der Waals surface area contributed by atoms with Crippen molar-refractivity contribution >= 4 is 0 Å². The van der Waals surface area contributed by atoms with Crippen LogP contribution in [-0.4, -0.2) is 25.9 Å². The highest BCUT2D eigenvalue weighted by Crippen LogP contribution is 2.20. The van der Waals surface area contributed by atoms with Crippen LogP contribution in [0.4, 0.5) is 4.39 Å². The smallest absolute Gasteiger partial charge is 0.165 e. The average molecular weight is 239 g/mol. The molecule has 1 heterocycles. The molecule has 0 bridgehead atoms. The quantitative estimate of drug-likeness (QED) is 0.873. The Morgan fingerprint density at radius 2 is 2.06 bits per heavy atom. The highest BCUT2D eigenvalue weighted by atomic mass is 19.1. The Morgan fingerprint density at radius 3 is 2.76 bits per heavy atom. The molecule has 1 aliphatic rings. The third-order valence-electron chi connectivity index (χ3n) is 3.14. The van der Waals surface area contributed by atoms with Gasteiger partial charge in [-0.15, -0.1) is 0 Å². The van der Waals surface area contributed by atoms with Gasteiger partial charge >= 0.3 is 0 Å². The molecule has 2 rings (SSSR count). The molecule has 94 valence electrons. The first-order valence-electron chi connectivity index (χ1n) is 5.98. The van der Waals surface area contributed by atoms with E-state index in [-0.39, 0.29) is 17.6 Å². The molecule has 0 saturated carbocycles. The molecule has 0 aromatic heterocycles. The zero-order chi connectivity index (χ0) is 12.1. The van der Waals surface area contributed by atoms with Gasteiger partial charge in [-0.3, -0.25) is 0 Å². The summed E-state index contributed by atoms with van der Waals surface area (Å²) in [5.74, 6) is 0.345. The lowest BCUT2D eigenvalue weighted by atomic mass is 9.93. The molecule has 0 amide bonds. The predicted molar refractivity (Wildman–Crippen MR) is 63.4 cm³/mol. The lowest BCUT2D eigenvalue weighted by Crippen LogP contribution is -2.39. The second-order valence-electron chi connectivity index (χ2n) is 4.36. The molecular weight excluding hydrogens is 221 g/mol. The summed E-state index contributed by atoms with van der Waals surface area (Å²) in [4.78, 5) is 0. The molecule has 0 spiro atoms. The van der Waals surface area contributed by atoms with E-state index in [2.05, 4.69) is 0 Å². The van der Waals surface area contributed by atoms with E-state index in [4.69, 9.17) is 15.2 Å². The van der Waals surface area contributed by atoms with E-state index in [1.165, 1.54) is 6.07 Å². The van der Waals surface area contributed by atoms with Crippen LogP contribution in [0.5, 0.6) is 5.75 Å². The van der Waals surface area contributed by atoms with Gasteiger partial charge in [0.15, 0.2) is 11.6 Å². The van der Waals surface area contributed by atoms with Gasteiger partial charge in [0.25, 0.3) is 0 Å². The van der Waals surface area contributed by atoms with Crippen LogP contribution >= 0.6 is 0 Å². The van der Waals surface area contributed by atoms with Crippen molar-refractivity contribution in [3.63, 3.8) is 0 Å². The van der Waals surface area contributed by atoms with E-state index in [1.807, 2.05) is 0 Å². The first-order valence-corrected chi connectivity index (χ1v) is 5.98. The maximum atomic E-state index is 13.3. The van der Waals surface area contributed by atoms with E-state index >= 15 is 0 Å². The maximum Gasteiger partial charge on any atom is 0.165 e. The van der Waals surface area contributed by atoms with Crippen molar-refractivity contribution in [3.8, 4) is 5.75 Å². The molecular formula is C13H18FNO2. The minimum atomic E-state index is -0.341. The molecule has 1 atom stereocenters. The van der Waals surface area contributed by atoms with Crippen molar-refractivity contribution in [2.45, 2.75) is 18.9 Å². The van der Waals surface area contributed by atoms with E-state index in [9.17, 15) is 4.39 Å². The van der Waals surface area contributed by atoms with Gasteiger partial charge < -0.3 is 15.2 Å². The van der Waals surface area contributed by atoms with Crippen molar-refractivity contribution in [1.29, 1.82) is 0 Å². The second-order valence-corrected chi connectivity index (χ2v) is 4.36. The Morgan fingerprint density at radius 1 is 1.35 bits per heavy atom. The monoisotopic (exact) mass is 239 g/mol. The van der Waals surface area contributed by atoms with Gasteiger partial charge in [-0.25, -0.2) is 4.39 Å². The summed E-state index contributed by atoms with van der Waals surface area (Å²) < 4.78 is 24.0. The van der Waals surface area contributed by atoms with Crippen LogP contribution in [0.3, 0.4) is 0 Å². The summed E-state index contributed by atoms with van der Waals surface area (Å²) in [6.45, 7) is 1.88. The highest BCUT2D eigenvalue weighted by molar-refractivity contribution is 5.23. The standard InChI is InChI=1S/C13H18FNO2/c14-11-3-1-2-4-13(11)17-9-12(15)10-5-7-16-8-6-10/h1-4,10,12H,5-9,15H2. The summed E-state index contributed by atoms with van der Waals surface area (Å²) in [7, 11) is 0. The molecule has 1 saturated heterocycles. The number of hydrogen-bond acceptors (Lipinski definition) is 3. The number of hydrogen-bond donors (Lipinski definition) is 1. The average Bonchev–Trinajstić information content (AvgIpc) is 2.38. The van der Waals surface area contributed by atoms with Gasteiger partial charge in [0.1, 0.15) is 6.61 Å². The number of ether oxygens (including phenoxy) is 2. The molecule has 1 fully saturated rings. The van der Waals surface area contributed by atoms with Gasteiger partial charge in [-0.2, -0.15) is 0 Å². The van der Waals surface area contributed by atoms with Gasteiger partial charge in [0.2, 0.25) is 0 Å². The fraction of sp³-hybridized carbons (Fsp3) is 0.538. The Hall–Kier alpha value is -1.13. The topological polar surface area (TPSA) is 44.5 Å². The molecule has 0 aliphatic carbocycles. The SMILES string of the molecule is NC(COc1ccccc1F)C1CCOCC1. The van der Waals surface area contributed by atoms with Crippen molar-refractivity contribution in [1.82, 2.24) is 0 Å². The molecule has 1 aromatic carbocycles. The summed E-state index contributed by atoms with van der Waals surface area (Å²) in [6.07, 6.45) is 1.92. The van der Waals surface area contributed by atoms with Crippen LogP contribution in [0.1, 0.15) is 12.8 Å². The van der Waals surface area contributed by atoms with Crippen LogP contribution in [-0.2, 0) is 4.74 Å². The van der Waals surface area contributed by atoms with Crippen LogP contribution < -0.4 is 10.5 Å². The Kier molecular flexibility index (Phi) is 4.34. The summed E-state index contributed by atoms with van der Waals surface area (Å²) in [5.41, 5.74) is 6.04. The second kappa shape index (κ2) is 5.98. The third-order valence-corrected chi connectivity index (χ3v) is 3.14. The Labute approximate surface area is 101 Å². The number of nitrogens with two attached hydrogens (primary N) is 1. The summed E-state index contributed by atoms with van der Waals surface area (Å²) in [5, 5.41) is 0. The molecule has 2 N–H and O–H groups in total. The minimum Gasteiger partial charge on any atom is -0.489 e. The first kappa shape index (κ1) is 12.3. The van der Waals surface area contributed by atoms with Crippen LogP contribution in [0, 0.1) is 11.7 Å². The van der Waals surface area contributed by atoms with Crippen LogP contribution in [0.25, 0.3) is 0 Å². The lowest BCUT2D eigenvalue weighted by Gasteiger charge is -2.27. The summed E-state index contributed by atoms with van der Waals surface area (Å²) >= 11 is 0. The number of halogens is 1. The van der Waals surface area contributed by atoms with Gasteiger partial charge in [0, 0.05) is 19.3 Å². The van der Waals surface area contributed by atoms with Crippen molar-refractivity contribution in [3.05, 3.63) is 30.1 Å². The zero-order valence-corrected chi connectivity index (χ0v) is 9.77. The molecule has 17 heavy (non-hydrogen) atoms. The Balaban J connectivity index is 1.83. The van der Waals surface area contributed by atoms with Crippen LogP contribution in [0.2, 0.25) is 0 Å². The number of para-hydroxylation sites is 1. The van der Waals surface area contributed by atoms with Gasteiger partial charge in [0.05, 0.1) is 0 Å². The Bertz CT molecular complexity index is 353. The van der Waals surface area contributed by atoms with Crippen molar-refractivity contribution in [2.24, 2.45) is 11.7 Å². The van der Waals surface area contributed by atoms with Crippen molar-refractivity contribution < 1.29 is 13.9 Å². The van der Waals surface area contributed by atoms with E-state index in [1.54, 1.807) is 18.2 Å². The summed E-state index contributed by atoms with van der Waals surface area (Å²) in [6, 6.07) is 6.33. The highest BCUT2D eigenvalue weighted by Gasteiger charge is 2.21. The minimum absolute atomic E-state index is 0.0569. The molecule has 3 nitrogen and oxygen atoms in total. The normalized spacial score (nSPS) is 18.9.